The normalized spacial score (nSPS) is 16.2. The van der Waals surface area contributed by atoms with Gasteiger partial charge in [-0.25, -0.2) is 0 Å². The van der Waals surface area contributed by atoms with Crippen LogP contribution in [0, 0.1) is 5.92 Å². The molecule has 108 valence electrons. The van der Waals surface area contributed by atoms with Crippen molar-refractivity contribution >= 4 is 6.21 Å². The number of hydrogen-bond donors (Lipinski definition) is 0. The number of aliphatic imine (C=N–C) groups is 1. The fourth-order valence-corrected chi connectivity index (χ4v) is 2.21. The van der Waals surface area contributed by atoms with Gasteiger partial charge in [0.15, 0.2) is 0 Å². The molecule has 0 spiro atoms. The zero-order valence-corrected chi connectivity index (χ0v) is 13.2. The zero-order valence-electron chi connectivity index (χ0n) is 13.2. The van der Waals surface area contributed by atoms with Crippen LogP contribution in [0.2, 0.25) is 0 Å². The molecule has 0 saturated carbocycles. The Morgan fingerprint density at radius 2 is 2.21 bits per heavy atom. The van der Waals surface area contributed by atoms with E-state index in [0.29, 0.717) is 0 Å². The highest BCUT2D eigenvalue weighted by atomic mass is 15.2. The average molecular weight is 262 g/mol. The molecule has 0 unspecified atom stereocenters. The number of hydrogen-bond acceptors (Lipinski definition) is 2. The first-order valence-corrected chi connectivity index (χ1v) is 7.71. The summed E-state index contributed by atoms with van der Waals surface area (Å²) in [5, 5.41) is 0. The highest BCUT2D eigenvalue weighted by Gasteiger charge is 2.11. The van der Waals surface area contributed by atoms with Gasteiger partial charge in [0, 0.05) is 24.7 Å². The average Bonchev–Trinajstić information content (AvgIpc) is 2.41. The number of allylic oxidation sites excluding steroid dienone is 3. The van der Waals surface area contributed by atoms with Gasteiger partial charge in [0.25, 0.3) is 0 Å². The van der Waals surface area contributed by atoms with E-state index in [1.165, 1.54) is 49.9 Å². The third kappa shape index (κ3) is 6.60. The van der Waals surface area contributed by atoms with Crippen LogP contribution in [0.5, 0.6) is 0 Å². The second-order valence-corrected chi connectivity index (χ2v) is 5.92. The van der Waals surface area contributed by atoms with Crippen LogP contribution in [-0.2, 0) is 0 Å². The first-order chi connectivity index (χ1) is 9.13. The van der Waals surface area contributed by atoms with Crippen molar-refractivity contribution in [2.75, 3.05) is 13.1 Å². The van der Waals surface area contributed by atoms with Crippen LogP contribution >= 0.6 is 0 Å². The van der Waals surface area contributed by atoms with E-state index in [1.54, 1.807) is 0 Å². The fraction of sp³-hybridized carbons (Fsp3) is 0.706. The Balaban J connectivity index is 2.32. The van der Waals surface area contributed by atoms with Gasteiger partial charge < -0.3 is 4.90 Å². The van der Waals surface area contributed by atoms with E-state index in [2.05, 4.69) is 49.9 Å². The third-order valence-electron chi connectivity index (χ3n) is 3.76. The first kappa shape index (κ1) is 16.0. The summed E-state index contributed by atoms with van der Waals surface area (Å²) in [6, 6.07) is 0. The summed E-state index contributed by atoms with van der Waals surface area (Å²) < 4.78 is 0. The van der Waals surface area contributed by atoms with Crippen LogP contribution in [0.25, 0.3) is 0 Å². The predicted octanol–water partition coefficient (Wildman–Crippen LogP) is 4.79. The van der Waals surface area contributed by atoms with Gasteiger partial charge in [-0.15, -0.1) is 0 Å². The lowest BCUT2D eigenvalue weighted by Gasteiger charge is -2.28. The summed E-state index contributed by atoms with van der Waals surface area (Å²) >= 11 is 0. The van der Waals surface area contributed by atoms with Crippen molar-refractivity contribution in [2.24, 2.45) is 10.9 Å². The van der Waals surface area contributed by atoms with Crippen molar-refractivity contribution in [2.45, 2.75) is 59.8 Å². The van der Waals surface area contributed by atoms with E-state index in [1.807, 2.05) is 6.21 Å². The molecule has 0 aromatic carbocycles. The molecule has 1 aliphatic heterocycles. The van der Waals surface area contributed by atoms with Gasteiger partial charge in [-0.1, -0.05) is 25.5 Å². The maximum atomic E-state index is 4.33. The molecule has 1 rings (SSSR count). The summed E-state index contributed by atoms with van der Waals surface area (Å²) in [5.74, 6) is 0.775. The van der Waals surface area contributed by atoms with Crippen LogP contribution in [0.1, 0.15) is 59.8 Å². The molecule has 1 heterocycles. The lowest BCUT2D eigenvalue weighted by molar-refractivity contribution is 0.339. The Bertz CT molecular complexity index is 337. The number of unbranched alkanes of at least 4 members (excludes halogenated alkanes) is 1. The van der Waals surface area contributed by atoms with Crippen LogP contribution in [0.4, 0.5) is 0 Å². The topological polar surface area (TPSA) is 15.6 Å². The largest absolute Gasteiger partial charge is 0.368 e. The molecule has 0 aliphatic carbocycles. The molecule has 0 N–H and O–H groups in total. The van der Waals surface area contributed by atoms with Crippen molar-refractivity contribution < 1.29 is 0 Å². The van der Waals surface area contributed by atoms with E-state index in [9.17, 15) is 0 Å². The third-order valence-corrected chi connectivity index (χ3v) is 3.76. The molecule has 0 aromatic heterocycles. The first-order valence-electron chi connectivity index (χ1n) is 7.71. The molecular formula is C17H30N2. The van der Waals surface area contributed by atoms with E-state index in [0.717, 1.165) is 12.5 Å². The number of rotatable bonds is 8. The van der Waals surface area contributed by atoms with E-state index < -0.39 is 0 Å². The molecule has 0 fully saturated rings. The van der Waals surface area contributed by atoms with Crippen LogP contribution in [0.15, 0.2) is 28.5 Å². The quantitative estimate of drug-likeness (QED) is 0.454. The molecule has 0 bridgehead atoms. The second-order valence-electron chi connectivity index (χ2n) is 5.92. The van der Waals surface area contributed by atoms with Crippen molar-refractivity contribution in [3.8, 4) is 0 Å². The van der Waals surface area contributed by atoms with Gasteiger partial charge in [-0.2, -0.15) is 0 Å². The highest BCUT2D eigenvalue weighted by molar-refractivity contribution is 5.62. The van der Waals surface area contributed by atoms with Gasteiger partial charge >= 0.3 is 0 Å². The lowest BCUT2D eigenvalue weighted by atomic mass is 10.1. The molecule has 0 aromatic rings. The van der Waals surface area contributed by atoms with Crippen molar-refractivity contribution in [3.05, 3.63) is 23.5 Å². The molecule has 0 amide bonds. The Morgan fingerprint density at radius 3 is 2.89 bits per heavy atom. The smallest absolute Gasteiger partial charge is 0.0529 e. The number of nitrogens with zero attached hydrogens (tertiary/aromatic N) is 2. The molecule has 0 saturated heterocycles. The Hall–Kier alpha value is -1.05. The minimum Gasteiger partial charge on any atom is -0.368 e. The Kier molecular flexibility index (Phi) is 7.54. The van der Waals surface area contributed by atoms with Crippen molar-refractivity contribution in [1.82, 2.24) is 4.90 Å². The molecule has 0 atom stereocenters. The molecule has 0 radical (unpaired) electrons. The van der Waals surface area contributed by atoms with Gasteiger partial charge in [-0.3, -0.25) is 4.99 Å². The van der Waals surface area contributed by atoms with Crippen LogP contribution in [0.3, 0.4) is 0 Å². The monoisotopic (exact) mass is 262 g/mol. The van der Waals surface area contributed by atoms with Crippen molar-refractivity contribution in [3.63, 3.8) is 0 Å². The molecule has 19 heavy (non-hydrogen) atoms. The summed E-state index contributed by atoms with van der Waals surface area (Å²) in [7, 11) is 0. The predicted molar refractivity (Wildman–Crippen MR) is 85.5 cm³/mol. The maximum absolute atomic E-state index is 4.33. The van der Waals surface area contributed by atoms with Crippen molar-refractivity contribution in [1.29, 1.82) is 0 Å². The minimum atomic E-state index is 0.775. The maximum Gasteiger partial charge on any atom is 0.0529 e. The highest BCUT2D eigenvalue weighted by Crippen LogP contribution is 2.18. The summed E-state index contributed by atoms with van der Waals surface area (Å²) in [4.78, 5) is 6.82. The van der Waals surface area contributed by atoms with Gasteiger partial charge in [0.05, 0.1) is 6.54 Å². The van der Waals surface area contributed by atoms with Crippen LogP contribution < -0.4 is 0 Å². The molecule has 2 heteroatoms. The van der Waals surface area contributed by atoms with Gasteiger partial charge in [0.2, 0.25) is 0 Å². The molecular weight excluding hydrogens is 232 g/mol. The summed E-state index contributed by atoms with van der Waals surface area (Å²) in [6.07, 6.45) is 12.5. The standard InChI is InChI=1S/C17H30N2/c1-5-16(4)8-6-7-9-17-14-18-11-13-19(17)12-10-15(2)3/h5,11,14-15H,6-10,12-13H2,1-4H3. The van der Waals surface area contributed by atoms with E-state index in [4.69, 9.17) is 0 Å². The van der Waals surface area contributed by atoms with Gasteiger partial charge in [0.1, 0.15) is 0 Å². The van der Waals surface area contributed by atoms with Gasteiger partial charge in [-0.05, 0) is 51.9 Å². The fourth-order valence-electron chi connectivity index (χ4n) is 2.21. The van der Waals surface area contributed by atoms with E-state index >= 15 is 0 Å². The molecule has 2 nitrogen and oxygen atoms in total. The second kappa shape index (κ2) is 8.95. The summed E-state index contributed by atoms with van der Waals surface area (Å²) in [5.41, 5.74) is 2.94. The SMILES string of the molecule is CC=C(C)CCCCC1=CN=CCN1CCC(C)C. The zero-order chi connectivity index (χ0) is 14.1. The summed E-state index contributed by atoms with van der Waals surface area (Å²) in [6.45, 7) is 11.1. The van der Waals surface area contributed by atoms with Crippen LogP contribution in [-0.4, -0.2) is 24.2 Å². The lowest BCUT2D eigenvalue weighted by Crippen LogP contribution is -2.29. The Morgan fingerprint density at radius 1 is 1.42 bits per heavy atom. The Labute approximate surface area is 119 Å². The minimum absolute atomic E-state index is 0.775. The van der Waals surface area contributed by atoms with E-state index in [-0.39, 0.29) is 0 Å². The molecule has 1 aliphatic rings.